The van der Waals surface area contributed by atoms with Crippen molar-refractivity contribution in [1.82, 2.24) is 10.3 Å². The number of nitrogens with zero attached hydrogens (tertiary/aromatic N) is 1. The summed E-state index contributed by atoms with van der Waals surface area (Å²) in [7, 11) is 0. The number of ether oxygens (including phenoxy) is 2. The van der Waals surface area contributed by atoms with Gasteiger partial charge in [-0.25, -0.2) is 4.98 Å². The lowest BCUT2D eigenvalue weighted by molar-refractivity contribution is -0.124. The highest BCUT2D eigenvalue weighted by molar-refractivity contribution is 6.35. The summed E-state index contributed by atoms with van der Waals surface area (Å²) in [6.07, 6.45) is 5.43. The molecule has 1 heterocycles. The second-order valence-electron chi connectivity index (χ2n) is 6.70. The molecular weight excluding hydrogens is 387 g/mol. The number of hydrogen-bond acceptors (Lipinski definition) is 4. The van der Waals surface area contributed by atoms with Crippen LogP contribution in [0.2, 0.25) is 10.0 Å². The zero-order chi connectivity index (χ0) is 19.2. The maximum atomic E-state index is 12.1. The summed E-state index contributed by atoms with van der Waals surface area (Å²) >= 11 is 11.9. The molecule has 7 heteroatoms. The minimum atomic E-state index is -0.161. The van der Waals surface area contributed by atoms with Gasteiger partial charge in [0.25, 0.3) is 5.91 Å². The van der Waals surface area contributed by atoms with Gasteiger partial charge in [0.2, 0.25) is 5.88 Å². The average Bonchev–Trinajstić information content (AvgIpc) is 2.64. The first-order valence-electron chi connectivity index (χ1n) is 8.96. The monoisotopic (exact) mass is 408 g/mol. The van der Waals surface area contributed by atoms with Crippen molar-refractivity contribution in [1.29, 1.82) is 0 Å². The van der Waals surface area contributed by atoms with Gasteiger partial charge < -0.3 is 14.8 Å². The highest BCUT2D eigenvalue weighted by atomic mass is 35.5. The summed E-state index contributed by atoms with van der Waals surface area (Å²) in [6, 6.07) is 8.92. The number of pyridine rings is 1. The van der Waals surface area contributed by atoms with E-state index >= 15 is 0 Å². The van der Waals surface area contributed by atoms with Crippen LogP contribution in [0.4, 0.5) is 0 Å². The molecule has 1 saturated carbocycles. The highest BCUT2D eigenvalue weighted by Gasteiger charge is 2.24. The van der Waals surface area contributed by atoms with Crippen LogP contribution in [0.5, 0.6) is 11.6 Å². The Kier molecular flexibility index (Phi) is 6.80. The van der Waals surface area contributed by atoms with E-state index in [9.17, 15) is 4.79 Å². The summed E-state index contributed by atoms with van der Waals surface area (Å²) in [6.45, 7) is 1.92. The molecule has 2 aromatic rings. The van der Waals surface area contributed by atoms with Crippen molar-refractivity contribution >= 4 is 29.1 Å². The van der Waals surface area contributed by atoms with E-state index in [1.807, 2.05) is 19.1 Å². The number of benzene rings is 1. The first-order chi connectivity index (χ1) is 13.0. The quantitative estimate of drug-likeness (QED) is 0.759. The number of amides is 1. The van der Waals surface area contributed by atoms with Crippen LogP contribution in [-0.4, -0.2) is 29.6 Å². The van der Waals surface area contributed by atoms with E-state index in [4.69, 9.17) is 32.7 Å². The lowest BCUT2D eigenvalue weighted by atomic mass is 9.93. The zero-order valence-corrected chi connectivity index (χ0v) is 16.6. The fraction of sp³-hybridized carbons (Fsp3) is 0.400. The molecular formula is C20H22Cl2N2O3. The largest absolute Gasteiger partial charge is 0.482 e. The first kappa shape index (κ1) is 19.8. The van der Waals surface area contributed by atoms with Gasteiger partial charge in [-0.3, -0.25) is 4.79 Å². The molecule has 1 aliphatic carbocycles. The number of carbonyl (C=O) groups excluding carboxylic acids is 1. The van der Waals surface area contributed by atoms with E-state index < -0.39 is 0 Å². The van der Waals surface area contributed by atoms with Crippen molar-refractivity contribution in [3.63, 3.8) is 0 Å². The van der Waals surface area contributed by atoms with Gasteiger partial charge in [-0.05, 0) is 56.4 Å². The fourth-order valence-electron chi connectivity index (χ4n) is 3.02. The number of aryl methyl sites for hydroxylation is 1. The van der Waals surface area contributed by atoms with Crippen LogP contribution >= 0.6 is 23.2 Å². The van der Waals surface area contributed by atoms with Crippen LogP contribution in [0.25, 0.3) is 0 Å². The molecule has 0 unspecified atom stereocenters. The number of halogens is 2. The Hall–Kier alpha value is -1.98. The average molecular weight is 409 g/mol. The predicted octanol–water partition coefficient (Wildman–Crippen LogP) is 4.58. The van der Waals surface area contributed by atoms with Gasteiger partial charge in [-0.1, -0.05) is 29.3 Å². The molecule has 144 valence electrons. The normalized spacial score (nSPS) is 19.4. The molecule has 0 aliphatic heterocycles. The molecule has 1 amide bonds. The Balaban J connectivity index is 1.39. The third-order valence-electron chi connectivity index (χ3n) is 4.46. The van der Waals surface area contributed by atoms with Gasteiger partial charge in [-0.2, -0.15) is 0 Å². The number of aromatic nitrogens is 1. The highest BCUT2D eigenvalue weighted by Crippen LogP contribution is 2.27. The molecule has 1 aromatic heterocycles. The molecule has 1 aromatic carbocycles. The van der Waals surface area contributed by atoms with Crippen molar-refractivity contribution in [2.75, 3.05) is 6.61 Å². The molecule has 1 fully saturated rings. The molecule has 0 radical (unpaired) electrons. The topological polar surface area (TPSA) is 60.5 Å². The second kappa shape index (κ2) is 9.29. The number of hydrogen-bond donors (Lipinski definition) is 1. The van der Waals surface area contributed by atoms with Gasteiger partial charge in [-0.15, -0.1) is 0 Å². The van der Waals surface area contributed by atoms with Gasteiger partial charge in [0.1, 0.15) is 11.9 Å². The predicted molar refractivity (Wildman–Crippen MR) is 106 cm³/mol. The summed E-state index contributed by atoms with van der Waals surface area (Å²) < 4.78 is 11.4. The van der Waals surface area contributed by atoms with Crippen LogP contribution in [0, 0.1) is 6.92 Å². The molecule has 1 aliphatic rings. The summed E-state index contributed by atoms with van der Waals surface area (Å²) in [5.41, 5.74) is 1.11. The SMILES string of the molecule is Cc1ccc(OC2CCC(NC(=O)COc3ccc(Cl)cc3Cl)CC2)nc1. The van der Waals surface area contributed by atoms with E-state index in [1.54, 1.807) is 24.4 Å². The van der Waals surface area contributed by atoms with Crippen LogP contribution in [0.1, 0.15) is 31.2 Å². The van der Waals surface area contributed by atoms with Crippen LogP contribution in [-0.2, 0) is 4.79 Å². The second-order valence-corrected chi connectivity index (χ2v) is 7.54. The first-order valence-corrected chi connectivity index (χ1v) is 9.72. The standard InChI is InChI=1S/C20H22Cl2N2O3/c1-13-2-9-20(23-11-13)27-16-6-4-15(5-7-16)24-19(25)12-26-18-8-3-14(21)10-17(18)22/h2-3,8-11,15-16H,4-7,12H2,1H3,(H,24,25). The van der Waals surface area contributed by atoms with Crippen molar-refractivity contribution in [2.45, 2.75) is 44.8 Å². The Morgan fingerprint density at radius 2 is 1.96 bits per heavy atom. The lowest BCUT2D eigenvalue weighted by Gasteiger charge is -2.29. The molecule has 3 rings (SSSR count). The maximum absolute atomic E-state index is 12.1. The maximum Gasteiger partial charge on any atom is 0.258 e. The van der Waals surface area contributed by atoms with Gasteiger partial charge >= 0.3 is 0 Å². The van der Waals surface area contributed by atoms with Crippen LogP contribution in [0.15, 0.2) is 36.5 Å². The zero-order valence-electron chi connectivity index (χ0n) is 15.1. The van der Waals surface area contributed by atoms with Gasteiger partial charge in [0.15, 0.2) is 6.61 Å². The Bertz CT molecular complexity index is 775. The summed E-state index contributed by atoms with van der Waals surface area (Å²) in [5.74, 6) is 0.936. The van der Waals surface area contributed by atoms with E-state index in [-0.39, 0.29) is 24.7 Å². The molecule has 1 N–H and O–H groups in total. The third-order valence-corrected chi connectivity index (χ3v) is 4.99. The van der Waals surface area contributed by atoms with Crippen LogP contribution in [0.3, 0.4) is 0 Å². The summed E-state index contributed by atoms with van der Waals surface area (Å²) in [5, 5.41) is 3.92. The van der Waals surface area contributed by atoms with Gasteiger partial charge in [0.05, 0.1) is 5.02 Å². The van der Waals surface area contributed by atoms with E-state index in [0.717, 1.165) is 31.2 Å². The number of nitrogens with one attached hydrogen (secondary N) is 1. The summed E-state index contributed by atoms with van der Waals surface area (Å²) in [4.78, 5) is 16.4. The number of carbonyl (C=O) groups is 1. The van der Waals surface area contributed by atoms with E-state index in [2.05, 4.69) is 10.3 Å². The minimum absolute atomic E-state index is 0.0783. The number of rotatable bonds is 6. The smallest absolute Gasteiger partial charge is 0.258 e. The molecule has 27 heavy (non-hydrogen) atoms. The minimum Gasteiger partial charge on any atom is -0.482 e. The molecule has 0 spiro atoms. The van der Waals surface area contributed by atoms with Gasteiger partial charge in [0, 0.05) is 23.3 Å². The van der Waals surface area contributed by atoms with E-state index in [1.165, 1.54) is 0 Å². The molecule has 0 saturated heterocycles. The third kappa shape index (κ3) is 6.01. The molecule has 5 nitrogen and oxygen atoms in total. The lowest BCUT2D eigenvalue weighted by Crippen LogP contribution is -2.41. The van der Waals surface area contributed by atoms with E-state index in [0.29, 0.717) is 21.7 Å². The molecule has 0 bridgehead atoms. The van der Waals surface area contributed by atoms with Crippen LogP contribution < -0.4 is 14.8 Å². The fourth-order valence-corrected chi connectivity index (χ4v) is 3.49. The Morgan fingerprint density at radius 1 is 1.19 bits per heavy atom. The van der Waals surface area contributed by atoms with Crippen molar-refractivity contribution in [2.24, 2.45) is 0 Å². The van der Waals surface area contributed by atoms with Crippen molar-refractivity contribution in [3.8, 4) is 11.6 Å². The van der Waals surface area contributed by atoms with Crippen molar-refractivity contribution < 1.29 is 14.3 Å². The molecule has 0 atom stereocenters. The Labute approximate surface area is 169 Å². The van der Waals surface area contributed by atoms with Crippen molar-refractivity contribution in [3.05, 3.63) is 52.1 Å². The Morgan fingerprint density at radius 3 is 2.63 bits per heavy atom.